The molecule has 1 heterocycles. The molecule has 26 heavy (non-hydrogen) atoms. The number of hydrogen-bond donors (Lipinski definition) is 0. The minimum atomic E-state index is -0.349. The van der Waals surface area contributed by atoms with Crippen LogP contribution >= 0.6 is 0 Å². The lowest BCUT2D eigenvalue weighted by molar-refractivity contribution is -0.384. The van der Waals surface area contributed by atoms with E-state index in [0.717, 1.165) is 51.1 Å². The molecule has 1 aliphatic heterocycles. The highest BCUT2D eigenvalue weighted by Gasteiger charge is 2.20. The topological polar surface area (TPSA) is 49.6 Å². The van der Waals surface area contributed by atoms with E-state index in [0.29, 0.717) is 0 Å². The Morgan fingerprint density at radius 2 is 1.65 bits per heavy atom. The first kappa shape index (κ1) is 18.4. The molecular weight excluding hydrogens is 326 g/mol. The number of nitrogens with zero attached hydrogens (tertiary/aromatic N) is 3. The molecule has 138 valence electrons. The number of hydrogen-bond acceptors (Lipinski definition) is 4. The van der Waals surface area contributed by atoms with Crippen LogP contribution in [0.2, 0.25) is 0 Å². The predicted molar refractivity (Wildman–Crippen MR) is 106 cm³/mol. The van der Waals surface area contributed by atoms with E-state index in [1.54, 1.807) is 12.1 Å². The highest BCUT2D eigenvalue weighted by atomic mass is 16.6. The van der Waals surface area contributed by atoms with Gasteiger partial charge in [0, 0.05) is 50.5 Å². The van der Waals surface area contributed by atoms with Gasteiger partial charge in [0.25, 0.3) is 5.69 Å². The zero-order chi connectivity index (χ0) is 18.5. The molecule has 0 atom stereocenters. The Balaban J connectivity index is 1.62. The highest BCUT2D eigenvalue weighted by Crippen LogP contribution is 2.26. The summed E-state index contributed by atoms with van der Waals surface area (Å²) in [6.07, 6.45) is 2.15. The number of rotatable bonds is 6. The van der Waals surface area contributed by atoms with E-state index in [9.17, 15) is 10.1 Å². The van der Waals surface area contributed by atoms with Crippen molar-refractivity contribution in [1.29, 1.82) is 0 Å². The summed E-state index contributed by atoms with van der Waals surface area (Å²) in [7, 11) is 0. The number of benzene rings is 2. The van der Waals surface area contributed by atoms with Crippen LogP contribution < -0.4 is 4.90 Å². The Morgan fingerprint density at radius 3 is 2.23 bits per heavy atom. The minimum Gasteiger partial charge on any atom is -0.369 e. The molecule has 1 fully saturated rings. The Morgan fingerprint density at radius 1 is 0.962 bits per heavy atom. The first-order valence-corrected chi connectivity index (χ1v) is 9.43. The molecule has 2 aromatic carbocycles. The standard InChI is InChI=1S/C21H27N3O2/c1-3-18-6-5-7-21(20(18)4-2)23-14-12-22(13-15-23)16-17-8-10-19(11-9-17)24(25)26/h5-11H,3-4,12-16H2,1-2H3. The minimum absolute atomic E-state index is 0.154. The molecule has 0 aliphatic carbocycles. The fourth-order valence-corrected chi connectivity index (χ4v) is 3.78. The first-order valence-electron chi connectivity index (χ1n) is 9.43. The molecule has 0 saturated carbocycles. The lowest BCUT2D eigenvalue weighted by Crippen LogP contribution is -2.46. The van der Waals surface area contributed by atoms with Gasteiger partial charge >= 0.3 is 0 Å². The van der Waals surface area contributed by atoms with E-state index in [1.165, 1.54) is 16.8 Å². The van der Waals surface area contributed by atoms with E-state index >= 15 is 0 Å². The Hall–Kier alpha value is -2.40. The SMILES string of the molecule is CCc1cccc(N2CCN(Cc3ccc([N+](=O)[O-])cc3)CC2)c1CC. The number of piperazine rings is 1. The lowest BCUT2D eigenvalue weighted by atomic mass is 10.00. The molecule has 0 N–H and O–H groups in total. The van der Waals surface area contributed by atoms with Crippen LogP contribution in [0.25, 0.3) is 0 Å². The third kappa shape index (κ3) is 4.05. The average molecular weight is 353 g/mol. The Bertz CT molecular complexity index is 750. The van der Waals surface area contributed by atoms with E-state index in [2.05, 4.69) is 41.8 Å². The van der Waals surface area contributed by atoms with Gasteiger partial charge in [-0.2, -0.15) is 0 Å². The number of nitro groups is 1. The summed E-state index contributed by atoms with van der Waals surface area (Å²) in [6.45, 7) is 9.37. The average Bonchev–Trinajstić information content (AvgIpc) is 2.68. The first-order chi connectivity index (χ1) is 12.6. The van der Waals surface area contributed by atoms with E-state index in [4.69, 9.17) is 0 Å². The van der Waals surface area contributed by atoms with E-state index < -0.39 is 0 Å². The number of nitro benzene ring substituents is 1. The van der Waals surface area contributed by atoms with Crippen molar-refractivity contribution in [2.24, 2.45) is 0 Å². The monoisotopic (exact) mass is 353 g/mol. The molecule has 0 unspecified atom stereocenters. The molecular formula is C21H27N3O2. The molecule has 1 aliphatic rings. The van der Waals surface area contributed by atoms with Crippen molar-refractivity contribution in [1.82, 2.24) is 4.90 Å². The summed E-state index contributed by atoms with van der Waals surface area (Å²) in [5.41, 5.74) is 5.62. The van der Waals surface area contributed by atoms with Crippen LogP contribution in [0.5, 0.6) is 0 Å². The summed E-state index contributed by atoms with van der Waals surface area (Å²) in [4.78, 5) is 15.3. The van der Waals surface area contributed by atoms with Crippen LogP contribution in [-0.2, 0) is 19.4 Å². The normalized spacial score (nSPS) is 15.2. The fraction of sp³-hybridized carbons (Fsp3) is 0.429. The molecule has 3 rings (SSSR count). The Labute approximate surface area is 155 Å². The van der Waals surface area contributed by atoms with Gasteiger partial charge in [0.1, 0.15) is 0 Å². The number of anilines is 1. The van der Waals surface area contributed by atoms with Crippen molar-refractivity contribution in [2.45, 2.75) is 33.2 Å². The van der Waals surface area contributed by atoms with Crippen LogP contribution in [0.15, 0.2) is 42.5 Å². The van der Waals surface area contributed by atoms with Gasteiger partial charge in [0.2, 0.25) is 0 Å². The number of non-ortho nitro benzene ring substituents is 1. The van der Waals surface area contributed by atoms with Gasteiger partial charge in [-0.15, -0.1) is 0 Å². The molecule has 0 spiro atoms. The van der Waals surface area contributed by atoms with Crippen LogP contribution in [0.4, 0.5) is 11.4 Å². The molecule has 0 amide bonds. The molecule has 0 bridgehead atoms. The maximum Gasteiger partial charge on any atom is 0.269 e. The third-order valence-electron chi connectivity index (χ3n) is 5.25. The van der Waals surface area contributed by atoms with Crippen molar-refractivity contribution >= 4 is 11.4 Å². The van der Waals surface area contributed by atoms with Gasteiger partial charge in [-0.25, -0.2) is 0 Å². The summed E-state index contributed by atoms with van der Waals surface area (Å²) < 4.78 is 0. The summed E-state index contributed by atoms with van der Waals surface area (Å²) in [5, 5.41) is 10.8. The van der Waals surface area contributed by atoms with Gasteiger partial charge in [-0.05, 0) is 35.6 Å². The zero-order valence-electron chi connectivity index (χ0n) is 15.6. The largest absolute Gasteiger partial charge is 0.369 e. The van der Waals surface area contributed by atoms with Crippen LogP contribution in [-0.4, -0.2) is 36.0 Å². The zero-order valence-corrected chi connectivity index (χ0v) is 15.6. The van der Waals surface area contributed by atoms with Crippen molar-refractivity contribution in [3.05, 3.63) is 69.3 Å². The molecule has 5 nitrogen and oxygen atoms in total. The molecule has 2 aromatic rings. The predicted octanol–water partition coefficient (Wildman–Crippen LogP) is 4.04. The Kier molecular flexibility index (Phi) is 5.89. The second-order valence-electron chi connectivity index (χ2n) is 6.81. The maximum absolute atomic E-state index is 10.8. The van der Waals surface area contributed by atoms with Gasteiger partial charge in [0.15, 0.2) is 0 Å². The maximum atomic E-state index is 10.8. The molecule has 1 saturated heterocycles. The second-order valence-corrected chi connectivity index (χ2v) is 6.81. The van der Waals surface area contributed by atoms with Crippen molar-refractivity contribution < 1.29 is 4.92 Å². The van der Waals surface area contributed by atoms with Crippen LogP contribution in [0.3, 0.4) is 0 Å². The van der Waals surface area contributed by atoms with E-state index in [1.807, 2.05) is 12.1 Å². The second kappa shape index (κ2) is 8.32. The van der Waals surface area contributed by atoms with Crippen molar-refractivity contribution in [3.63, 3.8) is 0 Å². The van der Waals surface area contributed by atoms with Gasteiger partial charge in [-0.1, -0.05) is 38.1 Å². The molecule has 5 heteroatoms. The number of aryl methyl sites for hydroxylation is 1. The van der Waals surface area contributed by atoms with Gasteiger partial charge in [0.05, 0.1) is 4.92 Å². The highest BCUT2D eigenvalue weighted by molar-refractivity contribution is 5.57. The van der Waals surface area contributed by atoms with Gasteiger partial charge < -0.3 is 4.90 Å². The smallest absolute Gasteiger partial charge is 0.269 e. The van der Waals surface area contributed by atoms with Crippen LogP contribution in [0, 0.1) is 10.1 Å². The third-order valence-corrected chi connectivity index (χ3v) is 5.25. The van der Waals surface area contributed by atoms with E-state index in [-0.39, 0.29) is 10.6 Å². The van der Waals surface area contributed by atoms with Gasteiger partial charge in [-0.3, -0.25) is 15.0 Å². The lowest BCUT2D eigenvalue weighted by Gasteiger charge is -2.37. The molecule has 0 aromatic heterocycles. The quantitative estimate of drug-likeness (QED) is 0.581. The van der Waals surface area contributed by atoms with Crippen LogP contribution in [0.1, 0.15) is 30.5 Å². The van der Waals surface area contributed by atoms with Crippen molar-refractivity contribution in [3.8, 4) is 0 Å². The summed E-state index contributed by atoms with van der Waals surface area (Å²) in [6, 6.07) is 13.6. The fourth-order valence-electron chi connectivity index (χ4n) is 3.78. The summed E-state index contributed by atoms with van der Waals surface area (Å²) in [5.74, 6) is 0. The molecule has 0 radical (unpaired) electrons. The van der Waals surface area contributed by atoms with Crippen molar-refractivity contribution in [2.75, 3.05) is 31.1 Å². The summed E-state index contributed by atoms with van der Waals surface area (Å²) >= 11 is 0.